The van der Waals surface area contributed by atoms with Crippen molar-refractivity contribution in [1.29, 1.82) is 0 Å². The summed E-state index contributed by atoms with van der Waals surface area (Å²) >= 11 is 0. The highest BCUT2D eigenvalue weighted by Gasteiger charge is 2.14. The number of ether oxygens (including phenoxy) is 1. The molecule has 0 radical (unpaired) electrons. The lowest BCUT2D eigenvalue weighted by molar-refractivity contribution is 0.0599. The van der Waals surface area contributed by atoms with E-state index in [4.69, 9.17) is 4.74 Å². The number of amides is 1. The van der Waals surface area contributed by atoms with E-state index >= 15 is 0 Å². The summed E-state index contributed by atoms with van der Waals surface area (Å²) in [5, 5.41) is 2.80. The highest BCUT2D eigenvalue weighted by Crippen LogP contribution is 2.22. The van der Waals surface area contributed by atoms with Gasteiger partial charge in [0, 0.05) is 23.6 Å². The maximum atomic E-state index is 12.1. The van der Waals surface area contributed by atoms with Gasteiger partial charge in [0.2, 0.25) is 0 Å². The first-order valence-corrected chi connectivity index (χ1v) is 6.44. The number of benzene rings is 1. The molecule has 2 rings (SSSR count). The number of aromatic nitrogens is 1. The number of carbonyl (C=O) groups is 2. The monoisotopic (exact) mass is 284 g/mol. The molecule has 1 amide bonds. The van der Waals surface area contributed by atoms with Crippen LogP contribution in [0.5, 0.6) is 0 Å². The number of hydrogen-bond donors (Lipinski definition) is 1. The van der Waals surface area contributed by atoms with E-state index in [9.17, 15) is 9.59 Å². The summed E-state index contributed by atoms with van der Waals surface area (Å²) in [6.45, 7) is 3.70. The molecule has 0 unspecified atom stereocenters. The molecule has 1 heterocycles. The minimum atomic E-state index is -0.424. The van der Waals surface area contributed by atoms with Gasteiger partial charge in [-0.1, -0.05) is 6.07 Å². The first kappa shape index (κ1) is 14.7. The summed E-state index contributed by atoms with van der Waals surface area (Å²) < 4.78 is 4.74. The van der Waals surface area contributed by atoms with Crippen LogP contribution in [0.1, 0.15) is 31.8 Å². The van der Waals surface area contributed by atoms with Crippen molar-refractivity contribution in [2.75, 3.05) is 12.4 Å². The number of carbonyl (C=O) groups excluding carboxylic acids is 2. The van der Waals surface area contributed by atoms with E-state index in [2.05, 4.69) is 10.3 Å². The Hall–Kier alpha value is -2.69. The van der Waals surface area contributed by atoms with Gasteiger partial charge in [-0.25, -0.2) is 4.79 Å². The van der Waals surface area contributed by atoms with Gasteiger partial charge in [-0.3, -0.25) is 9.78 Å². The minimum Gasteiger partial charge on any atom is -0.465 e. The summed E-state index contributed by atoms with van der Waals surface area (Å²) in [5.74, 6) is -0.674. The number of methoxy groups -OCH3 is 1. The number of anilines is 1. The molecule has 2 aromatic rings. The first-order chi connectivity index (χ1) is 10.0. The van der Waals surface area contributed by atoms with Crippen LogP contribution in [0.25, 0.3) is 0 Å². The number of hydrogen-bond acceptors (Lipinski definition) is 4. The van der Waals surface area contributed by atoms with Gasteiger partial charge in [-0.15, -0.1) is 0 Å². The van der Waals surface area contributed by atoms with E-state index < -0.39 is 5.97 Å². The van der Waals surface area contributed by atoms with Gasteiger partial charge in [-0.05, 0) is 43.2 Å². The third-order valence-corrected chi connectivity index (χ3v) is 3.17. The summed E-state index contributed by atoms with van der Waals surface area (Å²) in [7, 11) is 1.33. The minimum absolute atomic E-state index is 0.250. The normalized spacial score (nSPS) is 10.0. The zero-order chi connectivity index (χ0) is 15.4. The molecular formula is C16H16N2O3. The molecule has 0 aliphatic heterocycles. The largest absolute Gasteiger partial charge is 0.465 e. The Bertz CT molecular complexity index is 681. The van der Waals surface area contributed by atoms with Crippen molar-refractivity contribution in [3.05, 3.63) is 58.9 Å². The van der Waals surface area contributed by atoms with Crippen LogP contribution in [0, 0.1) is 13.8 Å². The Morgan fingerprint density at radius 3 is 2.38 bits per heavy atom. The average molecular weight is 284 g/mol. The molecule has 0 fully saturated rings. The molecule has 1 N–H and O–H groups in total. The highest BCUT2D eigenvalue weighted by molar-refractivity contribution is 6.05. The van der Waals surface area contributed by atoms with Crippen molar-refractivity contribution < 1.29 is 14.3 Å². The third-order valence-electron chi connectivity index (χ3n) is 3.17. The number of aryl methyl sites for hydroxylation is 2. The molecular weight excluding hydrogens is 268 g/mol. The number of nitrogens with zero attached hydrogens (tertiary/aromatic N) is 1. The van der Waals surface area contributed by atoms with Gasteiger partial charge in [0.25, 0.3) is 5.91 Å². The van der Waals surface area contributed by atoms with Crippen molar-refractivity contribution in [2.45, 2.75) is 13.8 Å². The predicted molar refractivity (Wildman–Crippen MR) is 79.4 cm³/mol. The SMILES string of the molecule is COC(=O)c1cc(NC(=O)c2ccncc2)c(C)cc1C. The number of rotatable bonds is 3. The molecule has 1 aromatic heterocycles. The van der Waals surface area contributed by atoms with Gasteiger partial charge in [-0.2, -0.15) is 0 Å². The lowest BCUT2D eigenvalue weighted by Gasteiger charge is -2.12. The third kappa shape index (κ3) is 3.25. The predicted octanol–water partition coefficient (Wildman–Crippen LogP) is 2.74. The Balaban J connectivity index is 2.32. The van der Waals surface area contributed by atoms with E-state index in [1.807, 2.05) is 19.9 Å². The van der Waals surface area contributed by atoms with Gasteiger partial charge < -0.3 is 10.1 Å². The standard InChI is InChI=1S/C16H16N2O3/c1-10-8-11(2)14(9-13(10)16(20)21-3)18-15(19)12-4-6-17-7-5-12/h4-9H,1-3H3,(H,18,19). The molecule has 0 saturated heterocycles. The smallest absolute Gasteiger partial charge is 0.338 e. The average Bonchev–Trinajstić information content (AvgIpc) is 2.50. The summed E-state index contributed by atoms with van der Waals surface area (Å²) in [6, 6.07) is 6.73. The fourth-order valence-corrected chi connectivity index (χ4v) is 2.01. The van der Waals surface area contributed by atoms with Crippen LogP contribution in [0.2, 0.25) is 0 Å². The second kappa shape index (κ2) is 6.17. The van der Waals surface area contributed by atoms with Gasteiger partial charge in [0.05, 0.1) is 12.7 Å². The fourth-order valence-electron chi connectivity index (χ4n) is 2.01. The number of pyridine rings is 1. The fraction of sp³-hybridized carbons (Fsp3) is 0.188. The van der Waals surface area contributed by atoms with E-state index in [-0.39, 0.29) is 5.91 Å². The molecule has 0 aliphatic carbocycles. The maximum absolute atomic E-state index is 12.1. The van der Waals surface area contributed by atoms with Crippen LogP contribution in [0.15, 0.2) is 36.7 Å². The molecule has 5 heteroatoms. The van der Waals surface area contributed by atoms with E-state index in [1.54, 1.807) is 30.6 Å². The molecule has 0 spiro atoms. The molecule has 5 nitrogen and oxygen atoms in total. The van der Waals surface area contributed by atoms with Crippen LogP contribution in [-0.2, 0) is 4.74 Å². The van der Waals surface area contributed by atoms with Crippen LogP contribution < -0.4 is 5.32 Å². The summed E-state index contributed by atoms with van der Waals surface area (Å²) in [6.07, 6.45) is 3.10. The van der Waals surface area contributed by atoms with Gasteiger partial charge in [0.15, 0.2) is 0 Å². The Labute approximate surface area is 123 Å². The topological polar surface area (TPSA) is 68.3 Å². The van der Waals surface area contributed by atoms with Crippen molar-refractivity contribution in [1.82, 2.24) is 4.98 Å². The van der Waals surface area contributed by atoms with Crippen molar-refractivity contribution in [3.8, 4) is 0 Å². The van der Waals surface area contributed by atoms with Crippen LogP contribution in [-0.4, -0.2) is 24.0 Å². The molecule has 21 heavy (non-hydrogen) atoms. The molecule has 108 valence electrons. The molecule has 0 atom stereocenters. The molecule has 1 aromatic carbocycles. The van der Waals surface area contributed by atoms with Crippen molar-refractivity contribution >= 4 is 17.6 Å². The van der Waals surface area contributed by atoms with Crippen molar-refractivity contribution in [2.24, 2.45) is 0 Å². The zero-order valence-electron chi connectivity index (χ0n) is 12.1. The highest BCUT2D eigenvalue weighted by atomic mass is 16.5. The van der Waals surface area contributed by atoms with Crippen LogP contribution in [0.4, 0.5) is 5.69 Å². The quantitative estimate of drug-likeness (QED) is 0.880. The van der Waals surface area contributed by atoms with Gasteiger partial charge in [0.1, 0.15) is 0 Å². The molecule has 0 bridgehead atoms. The second-order valence-corrected chi connectivity index (χ2v) is 4.66. The Kier molecular flexibility index (Phi) is 4.33. The van der Waals surface area contributed by atoms with E-state index in [0.29, 0.717) is 16.8 Å². The first-order valence-electron chi connectivity index (χ1n) is 6.44. The number of nitrogens with one attached hydrogen (secondary N) is 1. The van der Waals surface area contributed by atoms with Crippen LogP contribution in [0.3, 0.4) is 0 Å². The lowest BCUT2D eigenvalue weighted by Crippen LogP contribution is -2.14. The summed E-state index contributed by atoms with van der Waals surface area (Å²) in [4.78, 5) is 27.7. The van der Waals surface area contributed by atoms with Gasteiger partial charge >= 0.3 is 5.97 Å². The maximum Gasteiger partial charge on any atom is 0.338 e. The zero-order valence-corrected chi connectivity index (χ0v) is 12.1. The second-order valence-electron chi connectivity index (χ2n) is 4.66. The van der Waals surface area contributed by atoms with Crippen LogP contribution >= 0.6 is 0 Å². The van der Waals surface area contributed by atoms with E-state index in [0.717, 1.165) is 11.1 Å². The number of esters is 1. The molecule has 0 aliphatic rings. The summed E-state index contributed by atoms with van der Waals surface area (Å²) in [5.41, 5.74) is 3.21. The van der Waals surface area contributed by atoms with Crippen molar-refractivity contribution in [3.63, 3.8) is 0 Å². The molecule has 0 saturated carbocycles. The van der Waals surface area contributed by atoms with E-state index in [1.165, 1.54) is 7.11 Å². The Morgan fingerprint density at radius 2 is 1.76 bits per heavy atom. The Morgan fingerprint density at radius 1 is 1.10 bits per heavy atom. The lowest BCUT2D eigenvalue weighted by atomic mass is 10.0.